The van der Waals surface area contributed by atoms with Gasteiger partial charge in [0, 0.05) is 18.8 Å². The first-order valence-electron chi connectivity index (χ1n) is 17.1. The highest BCUT2D eigenvalue weighted by Gasteiger charge is 2.48. The number of rotatable bonds is 14. The molecule has 0 spiro atoms. The van der Waals surface area contributed by atoms with Crippen LogP contribution in [0.4, 0.5) is 4.79 Å². The van der Waals surface area contributed by atoms with Crippen LogP contribution >= 0.6 is 0 Å². The number of sulfone groups is 1. The molecule has 1 saturated carbocycles. The molecule has 0 aromatic heterocycles. The first-order chi connectivity index (χ1) is 21.7. The van der Waals surface area contributed by atoms with Crippen molar-refractivity contribution in [3.05, 3.63) is 12.7 Å². The van der Waals surface area contributed by atoms with Crippen molar-refractivity contribution in [2.45, 2.75) is 130 Å². The first-order valence-corrected chi connectivity index (χ1v) is 18.9. The highest BCUT2D eigenvalue weighted by atomic mass is 32.2. The van der Waals surface area contributed by atoms with E-state index in [1.165, 1.54) is 11.0 Å². The van der Waals surface area contributed by atoms with Crippen molar-refractivity contribution in [2.75, 3.05) is 24.6 Å². The van der Waals surface area contributed by atoms with Crippen LogP contribution in [0.1, 0.15) is 107 Å². The van der Waals surface area contributed by atoms with Gasteiger partial charge in [-0.05, 0) is 42.4 Å². The molecule has 0 radical (unpaired) electrons. The minimum Gasteiger partial charge on any atom is -0.346 e. The Morgan fingerprint density at radius 3 is 2.17 bits per heavy atom. The SMILES string of the molecule is C=CCNC(=O)C(=O)C(CCC)NC(=O)[C@@H]1CC(C)(C)C(C)CN1C(=O)[C@@H](NC(=O)NC1(CS(=O)(=O)CC)CCCCC1)C(C)(C)C. The molecular weight excluding hydrogens is 622 g/mol. The molecule has 47 heavy (non-hydrogen) atoms. The van der Waals surface area contributed by atoms with Crippen molar-refractivity contribution < 1.29 is 32.4 Å². The zero-order chi connectivity index (χ0) is 35.8. The molecule has 1 heterocycles. The monoisotopic (exact) mass is 681 g/mol. The zero-order valence-corrected chi connectivity index (χ0v) is 30.6. The fourth-order valence-electron chi connectivity index (χ4n) is 6.47. The van der Waals surface area contributed by atoms with Crippen LogP contribution in [0, 0.1) is 16.7 Å². The third kappa shape index (κ3) is 11.0. The van der Waals surface area contributed by atoms with Crippen LogP contribution in [0.5, 0.6) is 0 Å². The molecule has 1 saturated heterocycles. The molecule has 2 fully saturated rings. The van der Waals surface area contributed by atoms with Crippen molar-refractivity contribution in [1.29, 1.82) is 0 Å². The largest absolute Gasteiger partial charge is 0.346 e. The summed E-state index contributed by atoms with van der Waals surface area (Å²) in [5.41, 5.74) is -2.02. The van der Waals surface area contributed by atoms with Crippen LogP contribution in [0.3, 0.4) is 0 Å². The summed E-state index contributed by atoms with van der Waals surface area (Å²) in [5.74, 6) is -2.76. The quantitative estimate of drug-likeness (QED) is 0.161. The number of Topliss-reactive ketones (excluding diaryl/α,β-unsaturated/α-hetero) is 1. The number of hydrogen-bond acceptors (Lipinski definition) is 7. The van der Waals surface area contributed by atoms with Gasteiger partial charge < -0.3 is 26.2 Å². The Hall–Kier alpha value is -2.96. The molecule has 2 aliphatic rings. The number of piperidine rings is 1. The summed E-state index contributed by atoms with van der Waals surface area (Å²) in [6.45, 7) is 18.8. The van der Waals surface area contributed by atoms with E-state index < -0.39 is 68.5 Å². The summed E-state index contributed by atoms with van der Waals surface area (Å²) < 4.78 is 25.3. The fraction of sp³-hybridized carbons (Fsp3) is 0.794. The second-order valence-electron chi connectivity index (χ2n) is 15.2. The van der Waals surface area contributed by atoms with E-state index in [0.717, 1.165) is 19.3 Å². The lowest BCUT2D eigenvalue weighted by Crippen LogP contribution is -2.66. The Morgan fingerprint density at radius 2 is 1.64 bits per heavy atom. The van der Waals surface area contributed by atoms with Gasteiger partial charge in [0.1, 0.15) is 12.1 Å². The molecule has 0 aromatic rings. The molecule has 0 bridgehead atoms. The number of urea groups is 1. The third-order valence-electron chi connectivity index (χ3n) is 9.84. The van der Waals surface area contributed by atoms with Crippen molar-refractivity contribution in [3.63, 3.8) is 0 Å². The maximum Gasteiger partial charge on any atom is 0.315 e. The highest BCUT2D eigenvalue weighted by Crippen LogP contribution is 2.39. The van der Waals surface area contributed by atoms with E-state index in [1.807, 2.05) is 48.5 Å². The third-order valence-corrected chi connectivity index (χ3v) is 11.7. The molecule has 12 nitrogen and oxygen atoms in total. The topological polar surface area (TPSA) is 171 Å². The van der Waals surface area contributed by atoms with Crippen LogP contribution in [-0.2, 0) is 29.0 Å². The zero-order valence-electron chi connectivity index (χ0n) is 29.8. The van der Waals surface area contributed by atoms with Gasteiger partial charge in [0.25, 0.3) is 5.91 Å². The number of hydrogen-bond donors (Lipinski definition) is 4. The molecule has 4 atom stereocenters. The van der Waals surface area contributed by atoms with Gasteiger partial charge in [0.2, 0.25) is 17.6 Å². The van der Waals surface area contributed by atoms with Gasteiger partial charge >= 0.3 is 6.03 Å². The number of carbonyl (C=O) groups is 5. The standard InChI is InChI=1S/C34H59N5O7S/c1-10-16-24(26(40)29(42)35-19-11-2)36-28(41)25-20-33(8,9)23(4)21-39(25)30(43)27(32(5,6)7)37-31(44)38-34(17-14-13-15-18-34)22-47(45,46)12-3/h11,23-25,27H,2,10,12-22H2,1,3-9H3,(H,35,42)(H,36,41)(H2,37,38,44)/t23?,24?,25-,27+/m0/s1. The minimum atomic E-state index is -3.39. The molecule has 2 rings (SSSR count). The number of nitrogens with one attached hydrogen (secondary N) is 4. The van der Waals surface area contributed by atoms with E-state index in [2.05, 4.69) is 27.8 Å². The second kappa shape index (κ2) is 16.4. The molecular formula is C34H59N5O7S. The first kappa shape index (κ1) is 40.2. The molecule has 0 aromatic carbocycles. The molecule has 1 aliphatic carbocycles. The van der Waals surface area contributed by atoms with Crippen LogP contribution in [-0.4, -0.2) is 91.1 Å². The second-order valence-corrected chi connectivity index (χ2v) is 17.6. The van der Waals surface area contributed by atoms with Crippen LogP contribution in [0.15, 0.2) is 12.7 Å². The van der Waals surface area contributed by atoms with Crippen molar-refractivity contribution >= 4 is 39.4 Å². The predicted octanol–water partition coefficient (Wildman–Crippen LogP) is 3.26. The molecule has 2 unspecified atom stereocenters. The molecule has 4 N–H and O–H groups in total. The summed E-state index contributed by atoms with van der Waals surface area (Å²) in [6.07, 6.45) is 6.13. The summed E-state index contributed by atoms with van der Waals surface area (Å²) in [6, 6.07) is -3.69. The molecule has 268 valence electrons. The Bertz CT molecular complexity index is 1270. The van der Waals surface area contributed by atoms with Gasteiger partial charge in [-0.15, -0.1) is 6.58 Å². The smallest absolute Gasteiger partial charge is 0.315 e. The predicted molar refractivity (Wildman–Crippen MR) is 183 cm³/mol. The van der Waals surface area contributed by atoms with E-state index in [-0.39, 0.29) is 42.3 Å². The Balaban J connectivity index is 2.39. The number of ketones is 1. The summed E-state index contributed by atoms with van der Waals surface area (Å²) in [7, 11) is -3.39. The van der Waals surface area contributed by atoms with E-state index >= 15 is 0 Å². The van der Waals surface area contributed by atoms with E-state index in [4.69, 9.17) is 0 Å². The van der Waals surface area contributed by atoms with E-state index in [9.17, 15) is 32.4 Å². The lowest BCUT2D eigenvalue weighted by Gasteiger charge is -2.49. The lowest BCUT2D eigenvalue weighted by atomic mass is 9.71. The Kier molecular flexibility index (Phi) is 14.1. The molecule has 1 aliphatic heterocycles. The normalized spacial score (nSPS) is 22.3. The number of nitrogens with zero attached hydrogens (tertiary/aromatic N) is 1. The van der Waals surface area contributed by atoms with Gasteiger partial charge in [-0.3, -0.25) is 19.2 Å². The molecule has 5 amide bonds. The van der Waals surface area contributed by atoms with Crippen molar-refractivity contribution in [1.82, 2.24) is 26.2 Å². The van der Waals surface area contributed by atoms with Crippen LogP contribution in [0.2, 0.25) is 0 Å². The van der Waals surface area contributed by atoms with Gasteiger partial charge in [-0.1, -0.05) is 87.1 Å². The van der Waals surface area contributed by atoms with Crippen LogP contribution in [0.25, 0.3) is 0 Å². The average Bonchev–Trinajstić information content (AvgIpc) is 2.98. The minimum absolute atomic E-state index is 0.00690. The Labute approximate surface area is 281 Å². The van der Waals surface area contributed by atoms with Gasteiger partial charge in [0.15, 0.2) is 9.84 Å². The van der Waals surface area contributed by atoms with Gasteiger partial charge in [-0.25, -0.2) is 13.2 Å². The summed E-state index contributed by atoms with van der Waals surface area (Å²) in [5, 5.41) is 11.0. The van der Waals surface area contributed by atoms with Crippen molar-refractivity contribution in [2.24, 2.45) is 16.7 Å². The summed E-state index contributed by atoms with van der Waals surface area (Å²) >= 11 is 0. The maximum atomic E-state index is 14.4. The van der Waals surface area contributed by atoms with Crippen molar-refractivity contribution in [3.8, 4) is 0 Å². The van der Waals surface area contributed by atoms with Gasteiger partial charge in [-0.2, -0.15) is 0 Å². The Morgan fingerprint density at radius 1 is 1.02 bits per heavy atom. The number of amides is 5. The fourth-order valence-corrected chi connectivity index (χ4v) is 7.88. The molecule has 13 heteroatoms. The van der Waals surface area contributed by atoms with E-state index in [1.54, 1.807) is 6.92 Å². The van der Waals surface area contributed by atoms with Crippen LogP contribution < -0.4 is 21.3 Å². The van der Waals surface area contributed by atoms with E-state index in [0.29, 0.717) is 25.7 Å². The van der Waals surface area contributed by atoms with Gasteiger partial charge in [0.05, 0.1) is 17.3 Å². The summed E-state index contributed by atoms with van der Waals surface area (Å²) in [4.78, 5) is 68.9. The highest BCUT2D eigenvalue weighted by molar-refractivity contribution is 7.91. The number of carbonyl (C=O) groups excluding carboxylic acids is 5. The lowest BCUT2D eigenvalue weighted by molar-refractivity contribution is -0.151. The maximum absolute atomic E-state index is 14.4. The average molecular weight is 682 g/mol. The number of likely N-dealkylation sites (tertiary alicyclic amines) is 1.